The second kappa shape index (κ2) is 6.41. The Morgan fingerprint density at radius 1 is 1.05 bits per heavy atom. The molecule has 0 spiro atoms. The van der Waals surface area contributed by atoms with Crippen LogP contribution in [0, 0.1) is 0 Å². The van der Waals surface area contributed by atoms with E-state index in [1.807, 2.05) is 48.5 Å². The van der Waals surface area contributed by atoms with Gasteiger partial charge >= 0.3 is 5.97 Å². The van der Waals surface area contributed by atoms with Crippen LogP contribution in [0.15, 0.2) is 53.0 Å². The molecule has 0 aliphatic heterocycles. The van der Waals surface area contributed by atoms with Crippen molar-refractivity contribution in [2.24, 2.45) is 0 Å². The minimum atomic E-state index is -1.68. The number of hydrogen-bond acceptors (Lipinski definition) is 2. The normalized spacial score (nSPS) is 13.7. The summed E-state index contributed by atoms with van der Waals surface area (Å²) in [6, 6.07) is 16.0. The highest BCUT2D eigenvalue weighted by Crippen LogP contribution is 2.23. The van der Waals surface area contributed by atoms with Crippen molar-refractivity contribution in [3.8, 4) is 11.1 Å². The molecule has 2 rings (SSSR count). The van der Waals surface area contributed by atoms with Crippen molar-refractivity contribution < 1.29 is 15.0 Å². The average molecular weight is 349 g/mol. The Hall–Kier alpha value is -1.65. The molecule has 1 atom stereocenters. The van der Waals surface area contributed by atoms with E-state index >= 15 is 0 Å². The summed E-state index contributed by atoms with van der Waals surface area (Å²) < 4.78 is 1.04. The monoisotopic (exact) mass is 348 g/mol. The van der Waals surface area contributed by atoms with Gasteiger partial charge in [-0.25, -0.2) is 4.79 Å². The molecule has 2 aromatic rings. The van der Waals surface area contributed by atoms with Gasteiger partial charge in [0, 0.05) is 4.47 Å². The Kier molecular flexibility index (Phi) is 4.80. The molecule has 110 valence electrons. The smallest absolute Gasteiger partial charge is 0.335 e. The first kappa shape index (κ1) is 15.7. The minimum Gasteiger partial charge on any atom is -0.479 e. The van der Waals surface area contributed by atoms with Crippen molar-refractivity contribution in [1.29, 1.82) is 0 Å². The fraction of sp³-hybridized carbons (Fsp3) is 0.235. The van der Waals surface area contributed by atoms with E-state index in [-0.39, 0.29) is 6.42 Å². The van der Waals surface area contributed by atoms with Crippen LogP contribution in [-0.2, 0) is 11.2 Å². The number of carbonyl (C=O) groups is 1. The largest absolute Gasteiger partial charge is 0.479 e. The number of hydrogen-bond donors (Lipinski definition) is 2. The molecule has 1 unspecified atom stereocenters. The molecule has 0 saturated heterocycles. The van der Waals surface area contributed by atoms with Gasteiger partial charge in [-0.15, -0.1) is 0 Å². The molecule has 0 heterocycles. The quantitative estimate of drug-likeness (QED) is 0.861. The van der Waals surface area contributed by atoms with E-state index in [0.29, 0.717) is 6.42 Å². The van der Waals surface area contributed by atoms with Gasteiger partial charge in [0.2, 0.25) is 0 Å². The number of rotatable bonds is 5. The molecule has 0 amide bonds. The van der Waals surface area contributed by atoms with E-state index in [1.54, 1.807) is 0 Å². The maximum Gasteiger partial charge on any atom is 0.335 e. The predicted molar refractivity (Wildman–Crippen MR) is 86.2 cm³/mol. The van der Waals surface area contributed by atoms with Crippen molar-refractivity contribution in [2.75, 3.05) is 0 Å². The summed E-state index contributed by atoms with van der Waals surface area (Å²) in [7, 11) is 0. The molecule has 0 aromatic heterocycles. The Bertz CT molecular complexity index is 615. The lowest BCUT2D eigenvalue weighted by molar-refractivity contribution is -0.157. The van der Waals surface area contributed by atoms with Crippen LogP contribution >= 0.6 is 15.9 Å². The maximum absolute atomic E-state index is 10.9. The lowest BCUT2D eigenvalue weighted by atomic mass is 9.96. The van der Waals surface area contributed by atoms with Crippen LogP contribution in [0.3, 0.4) is 0 Å². The zero-order valence-corrected chi connectivity index (χ0v) is 13.3. The van der Waals surface area contributed by atoms with Gasteiger partial charge in [-0.3, -0.25) is 0 Å². The SMILES string of the molecule is CC(O)(CCc1ccc(-c2ccc(Br)cc2)cc1)C(=O)O. The summed E-state index contributed by atoms with van der Waals surface area (Å²) in [6.07, 6.45) is 0.722. The molecule has 0 fully saturated rings. The van der Waals surface area contributed by atoms with Crippen LogP contribution in [-0.4, -0.2) is 21.8 Å². The Morgan fingerprint density at radius 3 is 2.00 bits per heavy atom. The highest BCUT2D eigenvalue weighted by molar-refractivity contribution is 9.10. The van der Waals surface area contributed by atoms with Crippen molar-refractivity contribution in [3.05, 3.63) is 58.6 Å². The third-order valence-electron chi connectivity index (χ3n) is 3.49. The second-order valence-corrected chi connectivity index (χ2v) is 6.20. The predicted octanol–water partition coefficient (Wildman–Crippen LogP) is 3.88. The summed E-state index contributed by atoms with van der Waals surface area (Å²) in [4.78, 5) is 10.9. The third-order valence-corrected chi connectivity index (χ3v) is 4.02. The number of aryl methyl sites for hydroxylation is 1. The van der Waals surface area contributed by atoms with Gasteiger partial charge in [0.25, 0.3) is 0 Å². The molecule has 0 aliphatic carbocycles. The van der Waals surface area contributed by atoms with Gasteiger partial charge in [0.05, 0.1) is 0 Å². The maximum atomic E-state index is 10.9. The summed E-state index contributed by atoms with van der Waals surface area (Å²) in [5.74, 6) is -1.19. The van der Waals surface area contributed by atoms with Crippen molar-refractivity contribution >= 4 is 21.9 Å². The van der Waals surface area contributed by atoms with Gasteiger partial charge in [-0.1, -0.05) is 52.3 Å². The van der Waals surface area contributed by atoms with Crippen molar-refractivity contribution in [2.45, 2.75) is 25.4 Å². The Labute approximate surface area is 132 Å². The molecule has 0 radical (unpaired) electrons. The summed E-state index contributed by atoms with van der Waals surface area (Å²) in [6.45, 7) is 1.32. The van der Waals surface area contributed by atoms with Gasteiger partial charge in [-0.2, -0.15) is 0 Å². The van der Waals surface area contributed by atoms with Crippen LogP contribution in [0.1, 0.15) is 18.9 Å². The average Bonchev–Trinajstić information content (AvgIpc) is 2.46. The Morgan fingerprint density at radius 2 is 1.52 bits per heavy atom. The molecule has 21 heavy (non-hydrogen) atoms. The molecule has 3 nitrogen and oxygen atoms in total. The second-order valence-electron chi connectivity index (χ2n) is 5.28. The lowest BCUT2D eigenvalue weighted by Crippen LogP contribution is -2.35. The number of benzene rings is 2. The first-order valence-electron chi connectivity index (χ1n) is 6.69. The van der Waals surface area contributed by atoms with E-state index < -0.39 is 11.6 Å². The van der Waals surface area contributed by atoms with Crippen LogP contribution in [0.5, 0.6) is 0 Å². The number of halogens is 1. The minimum absolute atomic E-state index is 0.194. The van der Waals surface area contributed by atoms with Crippen molar-refractivity contribution in [3.63, 3.8) is 0 Å². The zero-order chi connectivity index (χ0) is 15.5. The third kappa shape index (κ3) is 4.16. The van der Waals surface area contributed by atoms with E-state index in [0.717, 1.165) is 21.2 Å². The highest BCUT2D eigenvalue weighted by Gasteiger charge is 2.29. The number of aliphatic hydroxyl groups is 1. The summed E-state index contributed by atoms with van der Waals surface area (Å²) in [5, 5.41) is 18.6. The number of aliphatic carboxylic acids is 1. The summed E-state index contributed by atoms with van der Waals surface area (Å²) in [5.41, 5.74) is 1.57. The van der Waals surface area contributed by atoms with Crippen LogP contribution in [0.2, 0.25) is 0 Å². The van der Waals surface area contributed by atoms with Gasteiger partial charge in [0.1, 0.15) is 0 Å². The molecule has 2 aromatic carbocycles. The van der Waals surface area contributed by atoms with Gasteiger partial charge < -0.3 is 10.2 Å². The van der Waals surface area contributed by atoms with E-state index in [9.17, 15) is 9.90 Å². The molecular formula is C17H17BrO3. The topological polar surface area (TPSA) is 57.5 Å². The van der Waals surface area contributed by atoms with Crippen LogP contribution in [0.25, 0.3) is 11.1 Å². The fourth-order valence-corrected chi connectivity index (χ4v) is 2.27. The summed E-state index contributed by atoms with van der Waals surface area (Å²) >= 11 is 3.41. The number of carboxylic acids is 1. The van der Waals surface area contributed by atoms with Gasteiger partial charge in [0.15, 0.2) is 5.60 Å². The molecular weight excluding hydrogens is 332 g/mol. The molecule has 4 heteroatoms. The fourth-order valence-electron chi connectivity index (χ4n) is 2.00. The van der Waals surface area contributed by atoms with E-state index in [2.05, 4.69) is 15.9 Å². The molecule has 0 saturated carbocycles. The molecule has 2 N–H and O–H groups in total. The molecule has 0 aliphatic rings. The van der Waals surface area contributed by atoms with Crippen molar-refractivity contribution in [1.82, 2.24) is 0 Å². The highest BCUT2D eigenvalue weighted by atomic mass is 79.9. The first-order chi connectivity index (χ1) is 9.88. The first-order valence-corrected chi connectivity index (χ1v) is 7.48. The van der Waals surface area contributed by atoms with Crippen LogP contribution < -0.4 is 0 Å². The zero-order valence-electron chi connectivity index (χ0n) is 11.7. The standard InChI is InChI=1S/C17H17BrO3/c1-17(21,16(19)20)11-10-12-2-4-13(5-3-12)14-6-8-15(18)9-7-14/h2-9,21H,10-11H2,1H3,(H,19,20). The lowest BCUT2D eigenvalue weighted by Gasteiger charge is -2.17. The number of carboxylic acid groups (broad SMARTS) is 1. The van der Waals surface area contributed by atoms with Crippen LogP contribution in [0.4, 0.5) is 0 Å². The molecule has 0 bridgehead atoms. The van der Waals surface area contributed by atoms with E-state index in [4.69, 9.17) is 5.11 Å². The van der Waals surface area contributed by atoms with E-state index in [1.165, 1.54) is 6.92 Å². The van der Waals surface area contributed by atoms with Gasteiger partial charge in [-0.05, 0) is 48.6 Å². The Balaban J connectivity index is 2.06.